The molecule has 2 aromatic rings. The van der Waals surface area contributed by atoms with Crippen LogP contribution in [-0.2, 0) is 4.79 Å². The van der Waals surface area contributed by atoms with Gasteiger partial charge in [0.1, 0.15) is 11.3 Å². The first-order valence-electron chi connectivity index (χ1n) is 8.03. The number of carboxylic acid groups (broad SMARTS) is 1. The third kappa shape index (κ3) is 3.36. The molecular weight excluding hydrogens is 294 g/mol. The number of nitrogens with zero attached hydrogens (tertiary/aromatic N) is 3. The Kier molecular flexibility index (Phi) is 4.32. The average molecular weight is 315 g/mol. The molecule has 6 nitrogen and oxygen atoms in total. The molecule has 1 fully saturated rings. The molecule has 1 saturated heterocycles. The summed E-state index contributed by atoms with van der Waals surface area (Å²) in [5.41, 5.74) is 2.28. The number of carbonyl (C=O) groups excluding carboxylic acids is 1. The van der Waals surface area contributed by atoms with Gasteiger partial charge in [0.2, 0.25) is 0 Å². The Hall–Kier alpha value is -2.37. The number of amides is 1. The first kappa shape index (κ1) is 15.5. The fraction of sp³-hybridized carbons (Fsp3) is 0.471. The second-order valence-corrected chi connectivity index (χ2v) is 6.18. The number of rotatable bonds is 4. The number of aryl methyl sites for hydroxylation is 1. The summed E-state index contributed by atoms with van der Waals surface area (Å²) in [5, 5.41) is 8.89. The van der Waals surface area contributed by atoms with Gasteiger partial charge in [-0.1, -0.05) is 0 Å². The predicted molar refractivity (Wildman–Crippen MR) is 85.5 cm³/mol. The van der Waals surface area contributed by atoms with Crippen LogP contribution in [0.15, 0.2) is 24.5 Å². The van der Waals surface area contributed by atoms with Gasteiger partial charge in [0.05, 0.1) is 0 Å². The van der Waals surface area contributed by atoms with Gasteiger partial charge in [-0.05, 0) is 50.3 Å². The van der Waals surface area contributed by atoms with Crippen LogP contribution in [0.2, 0.25) is 0 Å². The minimum atomic E-state index is -0.814. The van der Waals surface area contributed by atoms with Crippen LogP contribution < -0.4 is 0 Å². The molecule has 23 heavy (non-hydrogen) atoms. The number of carboxylic acids is 1. The fourth-order valence-electron chi connectivity index (χ4n) is 3.19. The van der Waals surface area contributed by atoms with Crippen LogP contribution in [0.4, 0.5) is 0 Å². The van der Waals surface area contributed by atoms with Crippen molar-refractivity contribution in [1.29, 1.82) is 0 Å². The average Bonchev–Trinajstić information content (AvgIpc) is 2.95. The number of piperidine rings is 1. The molecule has 1 amide bonds. The number of aliphatic carboxylic acids is 1. The Balaban J connectivity index is 1.81. The Labute approximate surface area is 134 Å². The van der Waals surface area contributed by atoms with Crippen molar-refractivity contribution in [2.45, 2.75) is 45.1 Å². The van der Waals surface area contributed by atoms with E-state index < -0.39 is 5.97 Å². The number of aromatic nitrogens is 2. The van der Waals surface area contributed by atoms with Gasteiger partial charge < -0.3 is 14.4 Å². The molecule has 0 aromatic carbocycles. The van der Waals surface area contributed by atoms with Gasteiger partial charge in [0, 0.05) is 31.4 Å². The second kappa shape index (κ2) is 6.40. The summed E-state index contributed by atoms with van der Waals surface area (Å²) in [5.74, 6) is -0.910. The molecule has 1 N–H and O–H groups in total. The van der Waals surface area contributed by atoms with Gasteiger partial charge in [0.25, 0.3) is 5.91 Å². The molecule has 122 valence electrons. The molecule has 0 radical (unpaired) electrons. The van der Waals surface area contributed by atoms with Gasteiger partial charge in [-0.3, -0.25) is 9.59 Å². The van der Waals surface area contributed by atoms with E-state index in [4.69, 9.17) is 5.11 Å². The lowest BCUT2D eigenvalue weighted by Gasteiger charge is -2.35. The molecule has 1 unspecified atom stereocenters. The Morgan fingerprint density at radius 1 is 1.39 bits per heavy atom. The molecule has 3 rings (SSSR count). The predicted octanol–water partition coefficient (Wildman–Crippen LogP) is 2.50. The Morgan fingerprint density at radius 3 is 3.00 bits per heavy atom. The molecular formula is C17H21N3O3. The van der Waals surface area contributed by atoms with Crippen molar-refractivity contribution in [1.82, 2.24) is 14.3 Å². The van der Waals surface area contributed by atoms with Crippen LogP contribution in [0, 0.1) is 6.92 Å². The molecule has 2 aromatic heterocycles. The summed E-state index contributed by atoms with van der Waals surface area (Å²) in [6, 6.07) is 3.91. The van der Waals surface area contributed by atoms with E-state index in [2.05, 4.69) is 4.98 Å². The zero-order valence-electron chi connectivity index (χ0n) is 13.2. The zero-order chi connectivity index (χ0) is 16.4. The van der Waals surface area contributed by atoms with Crippen LogP contribution in [0.3, 0.4) is 0 Å². The van der Waals surface area contributed by atoms with Crippen molar-refractivity contribution in [3.63, 3.8) is 0 Å². The van der Waals surface area contributed by atoms with Crippen LogP contribution in [-0.4, -0.2) is 43.9 Å². The van der Waals surface area contributed by atoms with Gasteiger partial charge in [-0.15, -0.1) is 0 Å². The van der Waals surface area contributed by atoms with Gasteiger partial charge in [0.15, 0.2) is 0 Å². The minimum absolute atomic E-state index is 0.00102. The third-order valence-electron chi connectivity index (χ3n) is 4.41. The van der Waals surface area contributed by atoms with E-state index in [1.807, 2.05) is 29.7 Å². The topological polar surface area (TPSA) is 74.9 Å². The molecule has 0 saturated carbocycles. The van der Waals surface area contributed by atoms with Crippen LogP contribution in [0.25, 0.3) is 5.65 Å². The van der Waals surface area contributed by atoms with E-state index in [1.54, 1.807) is 11.1 Å². The van der Waals surface area contributed by atoms with E-state index in [9.17, 15) is 9.59 Å². The first-order valence-corrected chi connectivity index (χ1v) is 8.03. The molecule has 0 spiro atoms. The van der Waals surface area contributed by atoms with E-state index in [1.165, 1.54) is 0 Å². The van der Waals surface area contributed by atoms with E-state index in [0.29, 0.717) is 18.7 Å². The number of hydrogen-bond donors (Lipinski definition) is 1. The summed E-state index contributed by atoms with van der Waals surface area (Å²) in [7, 11) is 0. The maximum atomic E-state index is 12.8. The van der Waals surface area contributed by atoms with Crippen molar-refractivity contribution in [3.8, 4) is 0 Å². The van der Waals surface area contributed by atoms with E-state index in [-0.39, 0.29) is 18.4 Å². The highest BCUT2D eigenvalue weighted by Crippen LogP contribution is 2.23. The summed E-state index contributed by atoms with van der Waals surface area (Å²) in [6.07, 6.45) is 7.12. The van der Waals surface area contributed by atoms with Crippen molar-refractivity contribution >= 4 is 17.5 Å². The highest BCUT2D eigenvalue weighted by atomic mass is 16.4. The van der Waals surface area contributed by atoms with Crippen LogP contribution in [0.1, 0.15) is 48.2 Å². The molecule has 0 aliphatic carbocycles. The smallest absolute Gasteiger partial charge is 0.303 e. The van der Waals surface area contributed by atoms with E-state index in [0.717, 1.165) is 30.5 Å². The van der Waals surface area contributed by atoms with Crippen LogP contribution >= 0.6 is 0 Å². The highest BCUT2D eigenvalue weighted by Gasteiger charge is 2.29. The maximum absolute atomic E-state index is 12.8. The summed E-state index contributed by atoms with van der Waals surface area (Å²) < 4.78 is 1.84. The fourth-order valence-corrected chi connectivity index (χ4v) is 3.19. The lowest BCUT2D eigenvalue weighted by atomic mass is 9.97. The molecule has 3 heterocycles. The normalized spacial score (nSPS) is 18.3. The number of imidazole rings is 1. The van der Waals surface area contributed by atoms with Crippen molar-refractivity contribution < 1.29 is 14.7 Å². The summed E-state index contributed by atoms with van der Waals surface area (Å²) in [4.78, 5) is 29.9. The lowest BCUT2D eigenvalue weighted by Crippen LogP contribution is -2.44. The van der Waals surface area contributed by atoms with Crippen molar-refractivity contribution in [2.75, 3.05) is 6.54 Å². The third-order valence-corrected chi connectivity index (χ3v) is 4.41. The Morgan fingerprint density at radius 2 is 2.22 bits per heavy atom. The minimum Gasteiger partial charge on any atom is -0.481 e. The number of likely N-dealkylation sites (tertiary alicyclic amines) is 1. The number of pyridine rings is 1. The monoisotopic (exact) mass is 315 g/mol. The highest BCUT2D eigenvalue weighted by molar-refractivity contribution is 5.93. The molecule has 1 aliphatic heterocycles. The quantitative estimate of drug-likeness (QED) is 0.940. The zero-order valence-corrected chi connectivity index (χ0v) is 13.2. The summed E-state index contributed by atoms with van der Waals surface area (Å²) >= 11 is 0. The number of hydrogen-bond acceptors (Lipinski definition) is 3. The van der Waals surface area contributed by atoms with E-state index >= 15 is 0 Å². The largest absolute Gasteiger partial charge is 0.481 e. The van der Waals surface area contributed by atoms with Gasteiger partial charge >= 0.3 is 5.97 Å². The van der Waals surface area contributed by atoms with Gasteiger partial charge in [-0.25, -0.2) is 4.98 Å². The van der Waals surface area contributed by atoms with Crippen molar-refractivity contribution in [3.05, 3.63) is 35.8 Å². The van der Waals surface area contributed by atoms with Crippen LogP contribution in [0.5, 0.6) is 0 Å². The molecule has 1 aliphatic rings. The first-order chi connectivity index (χ1) is 11.0. The summed E-state index contributed by atoms with van der Waals surface area (Å²) in [6.45, 7) is 2.67. The molecule has 1 atom stereocenters. The SMILES string of the molecule is Cc1ccn2cc(C(=O)N3CCCCC3CCC(=O)O)nc2c1. The number of carbonyl (C=O) groups is 2. The molecule has 6 heteroatoms. The van der Waals surface area contributed by atoms with Crippen molar-refractivity contribution in [2.24, 2.45) is 0 Å². The maximum Gasteiger partial charge on any atom is 0.303 e. The number of fused-ring (bicyclic) bond motifs is 1. The Bertz CT molecular complexity index is 738. The standard InChI is InChI=1S/C17H21N3O3/c1-12-7-9-19-11-14(18-15(19)10-12)17(23)20-8-3-2-4-13(20)5-6-16(21)22/h7,9-11,13H,2-6,8H2,1H3,(H,21,22). The molecule has 0 bridgehead atoms. The van der Waals surface area contributed by atoms with Gasteiger partial charge in [-0.2, -0.15) is 0 Å². The second-order valence-electron chi connectivity index (χ2n) is 6.18. The lowest BCUT2D eigenvalue weighted by molar-refractivity contribution is -0.137.